The minimum atomic E-state index is -0.636. The van der Waals surface area contributed by atoms with Gasteiger partial charge in [0, 0.05) is 26.2 Å². The predicted molar refractivity (Wildman–Crippen MR) is 96.7 cm³/mol. The van der Waals surface area contributed by atoms with Gasteiger partial charge in [0.05, 0.1) is 17.6 Å². The Morgan fingerprint density at radius 2 is 1.93 bits per heavy atom. The third-order valence-corrected chi connectivity index (χ3v) is 5.08. The molecule has 1 N–H and O–H groups in total. The molecule has 0 spiro atoms. The van der Waals surface area contributed by atoms with Crippen LogP contribution >= 0.6 is 0 Å². The lowest BCUT2D eigenvalue weighted by atomic mass is 10.1. The highest BCUT2D eigenvalue weighted by atomic mass is 16.3. The van der Waals surface area contributed by atoms with Gasteiger partial charge in [0.25, 0.3) is 5.91 Å². The number of para-hydroxylation sites is 2. The van der Waals surface area contributed by atoms with Crippen molar-refractivity contribution in [1.82, 2.24) is 30.0 Å². The molecule has 0 saturated carbocycles. The third kappa shape index (κ3) is 2.65. The highest BCUT2D eigenvalue weighted by Gasteiger charge is 2.38. The highest BCUT2D eigenvalue weighted by Crippen LogP contribution is 2.30. The number of hydrogen-bond acceptors (Lipinski definition) is 7. The van der Waals surface area contributed by atoms with Gasteiger partial charge in [-0.15, -0.1) is 5.10 Å². The molecule has 3 aromatic rings. The van der Waals surface area contributed by atoms with E-state index in [0.717, 1.165) is 5.69 Å². The van der Waals surface area contributed by atoms with Crippen molar-refractivity contribution in [3.8, 4) is 5.69 Å². The van der Waals surface area contributed by atoms with Crippen molar-refractivity contribution in [1.29, 1.82) is 0 Å². The molecule has 0 bridgehead atoms. The van der Waals surface area contributed by atoms with Gasteiger partial charge in [0.1, 0.15) is 0 Å². The molecule has 10 nitrogen and oxygen atoms in total. The van der Waals surface area contributed by atoms with E-state index in [1.54, 1.807) is 21.7 Å². The van der Waals surface area contributed by atoms with Crippen LogP contribution in [0.2, 0.25) is 0 Å². The van der Waals surface area contributed by atoms with Crippen molar-refractivity contribution >= 4 is 17.5 Å². The zero-order valence-electron chi connectivity index (χ0n) is 14.9. The van der Waals surface area contributed by atoms with Crippen LogP contribution in [0.3, 0.4) is 0 Å². The van der Waals surface area contributed by atoms with Gasteiger partial charge in [-0.3, -0.25) is 14.5 Å². The minimum absolute atomic E-state index is 0.146. The summed E-state index contributed by atoms with van der Waals surface area (Å²) < 4.78 is 6.79. The number of nitrogens with one attached hydrogen (secondary N) is 1. The molecular formula is C18H17N7O3. The van der Waals surface area contributed by atoms with Crippen molar-refractivity contribution in [2.45, 2.75) is 6.04 Å². The molecule has 1 unspecified atom stereocenters. The number of carbonyl (C=O) groups excluding carboxylic acids is 2. The first-order valence-electron chi connectivity index (χ1n) is 8.98. The summed E-state index contributed by atoms with van der Waals surface area (Å²) in [4.78, 5) is 29.2. The number of tetrazole rings is 1. The fourth-order valence-electron chi connectivity index (χ4n) is 3.69. The van der Waals surface area contributed by atoms with Crippen LogP contribution in [0.1, 0.15) is 22.4 Å². The summed E-state index contributed by atoms with van der Waals surface area (Å²) in [6, 6.07) is 10.1. The van der Waals surface area contributed by atoms with Crippen LogP contribution in [0.4, 0.5) is 5.69 Å². The number of nitrogens with zero attached hydrogens (tertiary/aromatic N) is 6. The number of hydrogen-bond donors (Lipinski definition) is 1. The summed E-state index contributed by atoms with van der Waals surface area (Å²) in [6.07, 6.45) is 1.48. The Morgan fingerprint density at radius 1 is 1.11 bits per heavy atom. The summed E-state index contributed by atoms with van der Waals surface area (Å²) in [5.74, 6) is 0.451. The summed E-state index contributed by atoms with van der Waals surface area (Å²) >= 11 is 0. The van der Waals surface area contributed by atoms with Crippen LogP contribution in [0.25, 0.3) is 5.69 Å². The molecule has 2 aliphatic heterocycles. The van der Waals surface area contributed by atoms with Gasteiger partial charge in [-0.05, 0) is 34.7 Å². The Morgan fingerprint density at radius 3 is 2.71 bits per heavy atom. The summed E-state index contributed by atoms with van der Waals surface area (Å²) in [5.41, 5.74) is 1.39. The van der Waals surface area contributed by atoms with Crippen LogP contribution in [0, 0.1) is 0 Å². The standard InChI is InChI=1S/C18H17N7O3/c26-17-15(16-20-21-22-25(16)13-5-2-1-4-12(13)19-17)23-7-9-24(10-8-23)18(27)14-6-3-11-28-14/h1-6,11,15H,7-10H2,(H,19,26). The number of benzene rings is 1. The van der Waals surface area contributed by atoms with E-state index in [9.17, 15) is 9.59 Å². The Balaban J connectivity index is 1.39. The van der Waals surface area contributed by atoms with Gasteiger partial charge in [0.2, 0.25) is 5.91 Å². The first-order chi connectivity index (χ1) is 13.7. The molecule has 1 saturated heterocycles. The number of carbonyl (C=O) groups is 2. The number of aromatic nitrogens is 4. The molecule has 10 heteroatoms. The smallest absolute Gasteiger partial charge is 0.289 e. The first-order valence-corrected chi connectivity index (χ1v) is 8.98. The van der Waals surface area contributed by atoms with Crippen molar-refractivity contribution in [2.24, 2.45) is 0 Å². The minimum Gasteiger partial charge on any atom is -0.459 e. The number of furan rings is 1. The maximum atomic E-state index is 13.0. The van der Waals surface area contributed by atoms with Crippen molar-refractivity contribution < 1.29 is 14.0 Å². The van der Waals surface area contributed by atoms with E-state index in [4.69, 9.17) is 4.42 Å². The molecule has 142 valence electrons. The van der Waals surface area contributed by atoms with E-state index in [0.29, 0.717) is 43.5 Å². The van der Waals surface area contributed by atoms with Gasteiger partial charge < -0.3 is 14.6 Å². The number of amides is 2. The van der Waals surface area contributed by atoms with Crippen molar-refractivity contribution in [2.75, 3.05) is 31.5 Å². The Labute approximate surface area is 159 Å². The molecule has 1 fully saturated rings. The molecular weight excluding hydrogens is 362 g/mol. The number of fused-ring (bicyclic) bond motifs is 3. The molecule has 2 aromatic heterocycles. The molecule has 28 heavy (non-hydrogen) atoms. The summed E-state index contributed by atoms with van der Waals surface area (Å²) in [5, 5.41) is 14.9. The van der Waals surface area contributed by atoms with Crippen LogP contribution in [0.15, 0.2) is 47.1 Å². The number of rotatable bonds is 2. The maximum Gasteiger partial charge on any atom is 0.289 e. The number of piperazine rings is 1. The average molecular weight is 379 g/mol. The van der Waals surface area contributed by atoms with E-state index in [1.165, 1.54) is 6.26 Å². The van der Waals surface area contributed by atoms with E-state index in [1.807, 2.05) is 29.2 Å². The largest absolute Gasteiger partial charge is 0.459 e. The van der Waals surface area contributed by atoms with Gasteiger partial charge in [0.15, 0.2) is 17.6 Å². The molecule has 0 radical (unpaired) electrons. The van der Waals surface area contributed by atoms with Crippen LogP contribution in [-0.2, 0) is 4.79 Å². The van der Waals surface area contributed by atoms with E-state index in [2.05, 4.69) is 20.8 Å². The molecule has 2 amide bonds. The monoisotopic (exact) mass is 379 g/mol. The quantitative estimate of drug-likeness (QED) is 0.698. The van der Waals surface area contributed by atoms with Gasteiger partial charge in [-0.2, -0.15) is 4.68 Å². The van der Waals surface area contributed by atoms with Crippen LogP contribution in [0.5, 0.6) is 0 Å². The highest BCUT2D eigenvalue weighted by molar-refractivity contribution is 5.98. The topological polar surface area (TPSA) is 109 Å². The Kier molecular flexibility index (Phi) is 3.90. The fourth-order valence-corrected chi connectivity index (χ4v) is 3.69. The average Bonchev–Trinajstić information content (AvgIpc) is 3.39. The third-order valence-electron chi connectivity index (χ3n) is 5.08. The normalized spacial score (nSPS) is 19.5. The Hall–Kier alpha value is -3.53. The van der Waals surface area contributed by atoms with Gasteiger partial charge in [-0.1, -0.05) is 12.1 Å². The lowest BCUT2D eigenvalue weighted by molar-refractivity contribution is -0.122. The van der Waals surface area contributed by atoms with Crippen molar-refractivity contribution in [3.05, 3.63) is 54.2 Å². The van der Waals surface area contributed by atoms with E-state index < -0.39 is 6.04 Å². The SMILES string of the molecule is O=C1Nc2ccccc2-n2nnnc2C1N1CCN(C(=O)c2ccco2)CC1. The molecule has 1 aromatic carbocycles. The lowest BCUT2D eigenvalue weighted by Gasteiger charge is -2.37. The lowest BCUT2D eigenvalue weighted by Crippen LogP contribution is -2.51. The maximum absolute atomic E-state index is 13.0. The number of anilines is 1. The second-order valence-electron chi connectivity index (χ2n) is 6.66. The second-order valence-corrected chi connectivity index (χ2v) is 6.66. The van der Waals surface area contributed by atoms with Crippen LogP contribution < -0.4 is 5.32 Å². The molecule has 1 atom stereocenters. The van der Waals surface area contributed by atoms with E-state index >= 15 is 0 Å². The molecule has 0 aliphatic carbocycles. The summed E-state index contributed by atoms with van der Waals surface area (Å²) in [7, 11) is 0. The zero-order valence-corrected chi connectivity index (χ0v) is 14.9. The van der Waals surface area contributed by atoms with Crippen molar-refractivity contribution in [3.63, 3.8) is 0 Å². The van der Waals surface area contributed by atoms with Gasteiger partial charge >= 0.3 is 0 Å². The van der Waals surface area contributed by atoms with Gasteiger partial charge in [-0.25, -0.2) is 0 Å². The fraction of sp³-hybridized carbons (Fsp3) is 0.278. The molecule has 5 rings (SSSR count). The molecule has 2 aliphatic rings. The summed E-state index contributed by atoms with van der Waals surface area (Å²) in [6.45, 7) is 2.01. The predicted octanol–water partition coefficient (Wildman–Crippen LogP) is 0.706. The van der Waals surface area contributed by atoms with E-state index in [-0.39, 0.29) is 11.8 Å². The first kappa shape index (κ1) is 16.6. The molecule has 4 heterocycles. The zero-order chi connectivity index (χ0) is 19.1. The van der Waals surface area contributed by atoms with Crippen LogP contribution in [-0.4, -0.2) is 68.0 Å². The second kappa shape index (κ2) is 6.57. The Bertz CT molecular complexity index is 1020.